The first-order valence-corrected chi connectivity index (χ1v) is 7.36. The number of nitrogens with zero attached hydrogens (tertiary/aromatic N) is 1. The number of nitrogens with one attached hydrogen (secondary N) is 1. The van der Waals surface area contributed by atoms with Gasteiger partial charge in [-0.2, -0.15) is 0 Å². The summed E-state index contributed by atoms with van der Waals surface area (Å²) >= 11 is 0. The highest BCUT2D eigenvalue weighted by Gasteiger charge is 2.07. The van der Waals surface area contributed by atoms with Crippen LogP contribution in [0.1, 0.15) is 58.3 Å². The van der Waals surface area contributed by atoms with Gasteiger partial charge in [0.15, 0.2) is 0 Å². The number of hydrogen-bond donors (Lipinski definition) is 1. The SMILES string of the molecule is CCCCCCNCCN1CCCCCC1. The first kappa shape index (κ1) is 14.0. The molecule has 1 heterocycles. The zero-order valence-corrected chi connectivity index (χ0v) is 11.1. The Hall–Kier alpha value is -0.0800. The van der Waals surface area contributed by atoms with E-state index in [1.54, 1.807) is 0 Å². The molecule has 0 spiro atoms. The summed E-state index contributed by atoms with van der Waals surface area (Å²) in [5.74, 6) is 0. The van der Waals surface area contributed by atoms with Crippen LogP contribution in [0.3, 0.4) is 0 Å². The van der Waals surface area contributed by atoms with E-state index in [1.165, 1.54) is 84.1 Å². The molecule has 0 aromatic heterocycles. The standard InChI is InChI=1S/C14H30N2/c1-2-3-4-7-10-15-11-14-16-12-8-5-6-9-13-16/h15H,2-14H2,1H3. The molecule has 1 aliphatic rings. The van der Waals surface area contributed by atoms with Crippen LogP contribution >= 0.6 is 0 Å². The summed E-state index contributed by atoms with van der Waals surface area (Å²) in [6.45, 7) is 8.59. The molecule has 2 nitrogen and oxygen atoms in total. The van der Waals surface area contributed by atoms with Crippen molar-refractivity contribution in [2.75, 3.05) is 32.7 Å². The van der Waals surface area contributed by atoms with E-state index in [0.29, 0.717) is 0 Å². The highest BCUT2D eigenvalue weighted by atomic mass is 15.1. The van der Waals surface area contributed by atoms with Gasteiger partial charge >= 0.3 is 0 Å². The predicted octanol–water partition coefficient (Wildman–Crippen LogP) is 3.03. The lowest BCUT2D eigenvalue weighted by Gasteiger charge is -2.19. The van der Waals surface area contributed by atoms with Crippen LogP contribution in [-0.4, -0.2) is 37.6 Å². The fourth-order valence-electron chi connectivity index (χ4n) is 2.40. The van der Waals surface area contributed by atoms with E-state index in [2.05, 4.69) is 17.1 Å². The molecule has 1 rings (SSSR count). The summed E-state index contributed by atoms with van der Waals surface area (Å²) in [5, 5.41) is 3.57. The largest absolute Gasteiger partial charge is 0.315 e. The van der Waals surface area contributed by atoms with Crippen LogP contribution in [0.2, 0.25) is 0 Å². The third-order valence-corrected chi connectivity index (χ3v) is 3.51. The van der Waals surface area contributed by atoms with Gasteiger partial charge in [0, 0.05) is 13.1 Å². The van der Waals surface area contributed by atoms with Gasteiger partial charge in [-0.15, -0.1) is 0 Å². The van der Waals surface area contributed by atoms with E-state index in [1.807, 2.05) is 0 Å². The molecular formula is C14H30N2. The van der Waals surface area contributed by atoms with E-state index < -0.39 is 0 Å². The molecule has 2 heteroatoms. The van der Waals surface area contributed by atoms with Crippen molar-refractivity contribution >= 4 is 0 Å². The quantitative estimate of drug-likeness (QED) is 0.640. The summed E-state index contributed by atoms with van der Waals surface area (Å²) in [5.41, 5.74) is 0. The summed E-state index contributed by atoms with van der Waals surface area (Å²) in [4.78, 5) is 2.63. The van der Waals surface area contributed by atoms with Crippen molar-refractivity contribution in [3.8, 4) is 0 Å². The normalized spacial score (nSPS) is 18.6. The Morgan fingerprint density at radius 2 is 1.62 bits per heavy atom. The van der Waals surface area contributed by atoms with Gasteiger partial charge in [0.1, 0.15) is 0 Å². The minimum Gasteiger partial charge on any atom is -0.315 e. The van der Waals surface area contributed by atoms with Crippen molar-refractivity contribution in [3.63, 3.8) is 0 Å². The van der Waals surface area contributed by atoms with Gasteiger partial charge in [0.25, 0.3) is 0 Å². The minimum atomic E-state index is 1.19. The molecule has 1 saturated heterocycles. The van der Waals surface area contributed by atoms with E-state index >= 15 is 0 Å². The topological polar surface area (TPSA) is 15.3 Å². The maximum atomic E-state index is 3.57. The van der Waals surface area contributed by atoms with Crippen molar-refractivity contribution in [2.24, 2.45) is 0 Å². The minimum absolute atomic E-state index is 1.19. The molecule has 1 fully saturated rings. The monoisotopic (exact) mass is 226 g/mol. The van der Waals surface area contributed by atoms with E-state index in [4.69, 9.17) is 0 Å². The second kappa shape index (κ2) is 10.1. The molecule has 96 valence electrons. The molecular weight excluding hydrogens is 196 g/mol. The van der Waals surface area contributed by atoms with Gasteiger partial charge < -0.3 is 10.2 Å². The maximum Gasteiger partial charge on any atom is 0.0107 e. The van der Waals surface area contributed by atoms with Crippen LogP contribution in [0, 0.1) is 0 Å². The van der Waals surface area contributed by atoms with Gasteiger partial charge in [-0.3, -0.25) is 0 Å². The Kier molecular flexibility index (Phi) is 8.83. The average molecular weight is 226 g/mol. The first-order chi connectivity index (χ1) is 7.93. The maximum absolute atomic E-state index is 3.57. The third kappa shape index (κ3) is 7.24. The van der Waals surface area contributed by atoms with E-state index in [-0.39, 0.29) is 0 Å². The Labute approximate surface area is 102 Å². The summed E-state index contributed by atoms with van der Waals surface area (Å²) in [6, 6.07) is 0. The van der Waals surface area contributed by atoms with Gasteiger partial charge in [0.05, 0.1) is 0 Å². The highest BCUT2D eigenvalue weighted by molar-refractivity contribution is 4.64. The van der Waals surface area contributed by atoms with Crippen molar-refractivity contribution in [1.82, 2.24) is 10.2 Å². The molecule has 1 N–H and O–H groups in total. The fraction of sp³-hybridized carbons (Fsp3) is 1.00. The molecule has 0 aromatic rings. The Balaban J connectivity index is 1.86. The first-order valence-electron chi connectivity index (χ1n) is 7.36. The molecule has 0 aliphatic carbocycles. The average Bonchev–Trinajstić information content (AvgIpc) is 2.56. The second-order valence-electron chi connectivity index (χ2n) is 5.07. The van der Waals surface area contributed by atoms with E-state index in [9.17, 15) is 0 Å². The number of unbranched alkanes of at least 4 members (excludes halogenated alkanes) is 3. The van der Waals surface area contributed by atoms with Crippen LogP contribution in [0.4, 0.5) is 0 Å². The summed E-state index contributed by atoms with van der Waals surface area (Å²) < 4.78 is 0. The number of hydrogen-bond acceptors (Lipinski definition) is 2. The van der Waals surface area contributed by atoms with E-state index in [0.717, 1.165) is 0 Å². The van der Waals surface area contributed by atoms with Gasteiger partial charge in [-0.05, 0) is 38.9 Å². The van der Waals surface area contributed by atoms with Crippen LogP contribution in [-0.2, 0) is 0 Å². The molecule has 0 amide bonds. The molecule has 16 heavy (non-hydrogen) atoms. The van der Waals surface area contributed by atoms with Crippen LogP contribution in [0.25, 0.3) is 0 Å². The molecule has 0 radical (unpaired) electrons. The zero-order chi connectivity index (χ0) is 11.5. The third-order valence-electron chi connectivity index (χ3n) is 3.51. The lowest BCUT2D eigenvalue weighted by Crippen LogP contribution is -2.33. The number of likely N-dealkylation sites (tertiary alicyclic amines) is 1. The van der Waals surface area contributed by atoms with Crippen molar-refractivity contribution in [3.05, 3.63) is 0 Å². The lowest BCUT2D eigenvalue weighted by molar-refractivity contribution is 0.284. The van der Waals surface area contributed by atoms with Crippen molar-refractivity contribution in [1.29, 1.82) is 0 Å². The van der Waals surface area contributed by atoms with Crippen molar-refractivity contribution < 1.29 is 0 Å². The highest BCUT2D eigenvalue weighted by Crippen LogP contribution is 2.08. The smallest absolute Gasteiger partial charge is 0.0107 e. The molecule has 0 atom stereocenters. The van der Waals surface area contributed by atoms with Crippen LogP contribution in [0.5, 0.6) is 0 Å². The zero-order valence-electron chi connectivity index (χ0n) is 11.1. The van der Waals surface area contributed by atoms with Crippen LogP contribution < -0.4 is 5.32 Å². The summed E-state index contributed by atoms with van der Waals surface area (Å²) in [6.07, 6.45) is 11.2. The molecule has 0 unspecified atom stereocenters. The number of rotatable bonds is 8. The van der Waals surface area contributed by atoms with Gasteiger partial charge in [0.2, 0.25) is 0 Å². The molecule has 0 bridgehead atoms. The van der Waals surface area contributed by atoms with Crippen molar-refractivity contribution in [2.45, 2.75) is 58.3 Å². The Bertz CT molecular complexity index is 140. The van der Waals surface area contributed by atoms with Gasteiger partial charge in [-0.25, -0.2) is 0 Å². The Morgan fingerprint density at radius 3 is 2.31 bits per heavy atom. The van der Waals surface area contributed by atoms with Crippen LogP contribution in [0.15, 0.2) is 0 Å². The van der Waals surface area contributed by atoms with Gasteiger partial charge in [-0.1, -0.05) is 39.0 Å². The lowest BCUT2D eigenvalue weighted by atomic mass is 10.2. The molecule has 0 aromatic carbocycles. The second-order valence-corrected chi connectivity index (χ2v) is 5.07. The molecule has 1 aliphatic heterocycles. The Morgan fingerprint density at radius 1 is 0.875 bits per heavy atom. The fourth-order valence-corrected chi connectivity index (χ4v) is 2.40. The summed E-state index contributed by atoms with van der Waals surface area (Å²) in [7, 11) is 0. The molecule has 0 saturated carbocycles. The predicted molar refractivity (Wildman–Crippen MR) is 71.9 cm³/mol.